The van der Waals surface area contributed by atoms with Crippen LogP contribution in [0.15, 0.2) is 0 Å². The lowest BCUT2D eigenvalue weighted by atomic mass is 9.48. The Kier molecular flexibility index (Phi) is 2.76. The van der Waals surface area contributed by atoms with Crippen LogP contribution in [0.3, 0.4) is 0 Å². The summed E-state index contributed by atoms with van der Waals surface area (Å²) < 4.78 is 0. The zero-order valence-electron chi connectivity index (χ0n) is 12.0. The molecule has 1 N–H and O–H groups in total. The van der Waals surface area contributed by atoms with Crippen LogP contribution in [0.1, 0.15) is 64.2 Å². The Balaban J connectivity index is 1.45. The highest BCUT2D eigenvalue weighted by Crippen LogP contribution is 2.61. The summed E-state index contributed by atoms with van der Waals surface area (Å²) in [4.78, 5) is 0. The molecule has 5 fully saturated rings. The van der Waals surface area contributed by atoms with E-state index >= 15 is 0 Å². The van der Waals surface area contributed by atoms with Crippen molar-refractivity contribution >= 4 is 0 Å². The van der Waals surface area contributed by atoms with E-state index in [1.807, 2.05) is 0 Å². The predicted molar refractivity (Wildman–Crippen MR) is 75.4 cm³/mol. The Morgan fingerprint density at radius 2 is 1.56 bits per heavy atom. The molecule has 0 aromatic heterocycles. The van der Waals surface area contributed by atoms with Gasteiger partial charge in [-0.25, -0.2) is 0 Å². The van der Waals surface area contributed by atoms with Crippen molar-refractivity contribution < 1.29 is 0 Å². The summed E-state index contributed by atoms with van der Waals surface area (Å²) in [6, 6.07) is 0.828. The first kappa shape index (κ1) is 11.8. The van der Waals surface area contributed by atoms with Gasteiger partial charge in [0.1, 0.15) is 0 Å². The van der Waals surface area contributed by atoms with E-state index in [0.29, 0.717) is 0 Å². The maximum absolute atomic E-state index is 3.65. The molecule has 0 amide bonds. The molecule has 0 aromatic rings. The minimum Gasteiger partial charge on any atom is -0.317 e. The number of nitrogens with one attached hydrogen (secondary N) is 1. The number of rotatable bonds is 5. The summed E-state index contributed by atoms with van der Waals surface area (Å²) in [7, 11) is 2.20. The Bertz CT molecular complexity index is 282. The fraction of sp³-hybridized carbons (Fsp3) is 1.00. The summed E-state index contributed by atoms with van der Waals surface area (Å²) in [6.45, 7) is 0. The highest BCUT2D eigenvalue weighted by molar-refractivity contribution is 5.02. The summed E-state index contributed by atoms with van der Waals surface area (Å²) >= 11 is 0. The van der Waals surface area contributed by atoms with Gasteiger partial charge < -0.3 is 5.32 Å². The molecule has 5 aliphatic rings. The van der Waals surface area contributed by atoms with E-state index in [2.05, 4.69) is 12.4 Å². The first-order valence-corrected chi connectivity index (χ1v) is 8.42. The van der Waals surface area contributed by atoms with Gasteiger partial charge in [0.2, 0.25) is 0 Å². The third kappa shape index (κ3) is 2.13. The molecule has 18 heavy (non-hydrogen) atoms. The summed E-state index contributed by atoms with van der Waals surface area (Å²) in [6.07, 6.45) is 15.5. The fourth-order valence-corrected chi connectivity index (χ4v) is 6.12. The van der Waals surface area contributed by atoms with E-state index < -0.39 is 0 Å². The lowest BCUT2D eigenvalue weighted by molar-refractivity contribution is -0.0622. The van der Waals surface area contributed by atoms with Crippen molar-refractivity contribution in [3.63, 3.8) is 0 Å². The van der Waals surface area contributed by atoms with E-state index in [4.69, 9.17) is 0 Å². The van der Waals surface area contributed by atoms with Crippen molar-refractivity contribution in [3.05, 3.63) is 0 Å². The first-order chi connectivity index (χ1) is 8.75. The second kappa shape index (κ2) is 4.23. The molecule has 0 aromatic carbocycles. The van der Waals surface area contributed by atoms with E-state index in [-0.39, 0.29) is 0 Å². The van der Waals surface area contributed by atoms with Gasteiger partial charge in [0.15, 0.2) is 0 Å². The third-order valence-electron chi connectivity index (χ3n) is 6.57. The Morgan fingerprint density at radius 1 is 1.00 bits per heavy atom. The average Bonchev–Trinajstić information content (AvgIpc) is 3.09. The van der Waals surface area contributed by atoms with Crippen LogP contribution in [0.4, 0.5) is 0 Å². The van der Waals surface area contributed by atoms with Gasteiger partial charge in [-0.2, -0.15) is 0 Å². The number of hydrogen-bond acceptors (Lipinski definition) is 1. The van der Waals surface area contributed by atoms with Gasteiger partial charge in [0, 0.05) is 6.04 Å². The predicted octanol–water partition coefficient (Wildman–Crippen LogP) is 3.98. The molecule has 5 saturated carbocycles. The Morgan fingerprint density at radius 3 is 2.00 bits per heavy atom. The van der Waals surface area contributed by atoms with Crippen molar-refractivity contribution in [2.75, 3.05) is 7.05 Å². The quantitative estimate of drug-likeness (QED) is 0.775. The highest BCUT2D eigenvalue weighted by atomic mass is 14.9. The van der Waals surface area contributed by atoms with Gasteiger partial charge in [-0.1, -0.05) is 12.8 Å². The Labute approximate surface area is 112 Å². The topological polar surface area (TPSA) is 12.0 Å². The number of hydrogen-bond donors (Lipinski definition) is 1. The maximum atomic E-state index is 3.65. The SMILES string of the molecule is CNC(CC1CC1)CC12CC3CC(CC(C3)C1)C2. The lowest BCUT2D eigenvalue weighted by Crippen LogP contribution is -2.48. The molecule has 0 spiro atoms. The molecule has 102 valence electrons. The van der Waals surface area contributed by atoms with Crippen LogP contribution in [0, 0.1) is 29.1 Å². The molecule has 4 bridgehead atoms. The third-order valence-corrected chi connectivity index (χ3v) is 6.57. The van der Waals surface area contributed by atoms with Gasteiger partial charge in [0.25, 0.3) is 0 Å². The van der Waals surface area contributed by atoms with Gasteiger partial charge >= 0.3 is 0 Å². The average molecular weight is 247 g/mol. The van der Waals surface area contributed by atoms with Crippen LogP contribution in [-0.4, -0.2) is 13.1 Å². The largest absolute Gasteiger partial charge is 0.317 e. The summed E-state index contributed by atoms with van der Waals surface area (Å²) in [5, 5.41) is 3.65. The normalized spacial score (nSPS) is 47.5. The molecule has 5 aliphatic carbocycles. The molecule has 1 unspecified atom stereocenters. The second-order valence-electron chi connectivity index (χ2n) is 8.29. The molecular formula is C17H29N. The van der Waals surface area contributed by atoms with Gasteiger partial charge in [0.05, 0.1) is 0 Å². The van der Waals surface area contributed by atoms with E-state index in [9.17, 15) is 0 Å². The van der Waals surface area contributed by atoms with Crippen molar-refractivity contribution in [2.24, 2.45) is 29.1 Å². The lowest BCUT2D eigenvalue weighted by Gasteiger charge is -2.57. The molecule has 0 saturated heterocycles. The summed E-state index contributed by atoms with van der Waals surface area (Å²) in [5.74, 6) is 4.44. The van der Waals surface area contributed by atoms with E-state index in [0.717, 1.165) is 35.1 Å². The zero-order chi connectivity index (χ0) is 12.2. The monoisotopic (exact) mass is 247 g/mol. The molecule has 1 atom stereocenters. The Hall–Kier alpha value is -0.0400. The standard InChI is InChI=1S/C17H29N/c1-18-16(7-12-2-3-12)11-17-8-13-4-14(9-17)6-15(5-13)10-17/h12-16,18H,2-11H2,1H3. The van der Waals surface area contributed by atoms with Crippen LogP contribution in [0.2, 0.25) is 0 Å². The van der Waals surface area contributed by atoms with Crippen LogP contribution in [-0.2, 0) is 0 Å². The van der Waals surface area contributed by atoms with E-state index in [1.54, 1.807) is 38.5 Å². The molecular weight excluding hydrogens is 218 g/mol. The maximum Gasteiger partial charge on any atom is 0.00719 e. The molecule has 0 radical (unpaired) electrons. The second-order valence-corrected chi connectivity index (χ2v) is 8.29. The first-order valence-electron chi connectivity index (χ1n) is 8.42. The van der Waals surface area contributed by atoms with Crippen LogP contribution in [0.25, 0.3) is 0 Å². The van der Waals surface area contributed by atoms with Crippen molar-refractivity contribution in [1.82, 2.24) is 5.32 Å². The molecule has 0 aliphatic heterocycles. The van der Waals surface area contributed by atoms with Crippen LogP contribution in [0.5, 0.6) is 0 Å². The van der Waals surface area contributed by atoms with Crippen molar-refractivity contribution in [1.29, 1.82) is 0 Å². The molecule has 1 nitrogen and oxygen atoms in total. The smallest absolute Gasteiger partial charge is 0.00719 e. The minimum atomic E-state index is 0.775. The van der Waals surface area contributed by atoms with E-state index in [1.165, 1.54) is 25.7 Å². The van der Waals surface area contributed by atoms with Crippen molar-refractivity contribution in [3.8, 4) is 0 Å². The van der Waals surface area contributed by atoms with Gasteiger partial charge in [-0.3, -0.25) is 0 Å². The van der Waals surface area contributed by atoms with Crippen LogP contribution < -0.4 is 5.32 Å². The molecule has 0 heterocycles. The fourth-order valence-electron chi connectivity index (χ4n) is 6.12. The van der Waals surface area contributed by atoms with Crippen LogP contribution >= 0.6 is 0 Å². The minimum absolute atomic E-state index is 0.775. The van der Waals surface area contributed by atoms with Crippen molar-refractivity contribution in [2.45, 2.75) is 70.3 Å². The highest BCUT2D eigenvalue weighted by Gasteiger charge is 2.51. The molecule has 5 rings (SSSR count). The molecule has 1 heteroatoms. The zero-order valence-corrected chi connectivity index (χ0v) is 12.0. The van der Waals surface area contributed by atoms with Gasteiger partial charge in [-0.05, 0) is 87.5 Å². The summed E-state index contributed by atoms with van der Waals surface area (Å²) in [5.41, 5.74) is 0.775. The van der Waals surface area contributed by atoms with Gasteiger partial charge in [-0.15, -0.1) is 0 Å².